The van der Waals surface area contributed by atoms with Crippen LogP contribution in [0.5, 0.6) is 5.75 Å². The molecule has 0 atom stereocenters. The number of anilines is 2. The van der Waals surface area contributed by atoms with E-state index < -0.39 is 5.97 Å². The first-order valence-electron chi connectivity index (χ1n) is 6.73. The van der Waals surface area contributed by atoms with E-state index in [9.17, 15) is 15.0 Å². The minimum atomic E-state index is -1.03. The standard InChI is InChI=1S/C17H14N2O3/c1-10-9-14(19-13-7-2-3-8-15(13)20)11-5-4-6-12(17(21)22)16(11)18-10/h2-9,20H,1H3,(H,18,19)(H,21,22)/p-1. The lowest BCUT2D eigenvalue weighted by atomic mass is 10.1. The molecule has 3 aromatic rings. The summed E-state index contributed by atoms with van der Waals surface area (Å²) in [5.74, 6) is -1.15. The molecule has 1 heterocycles. The lowest BCUT2D eigenvalue weighted by Gasteiger charge is -2.17. The van der Waals surface area contributed by atoms with Crippen molar-refractivity contribution in [2.75, 3.05) is 5.32 Å². The molecule has 0 saturated heterocycles. The highest BCUT2D eigenvalue weighted by Gasteiger charge is 2.12. The summed E-state index contributed by atoms with van der Waals surface area (Å²) in [6, 6.07) is 13.4. The molecule has 2 N–H and O–H groups in total. The minimum absolute atomic E-state index is 0.125. The van der Waals surface area contributed by atoms with Crippen molar-refractivity contribution in [2.24, 2.45) is 0 Å². The Kier molecular flexibility index (Phi) is 3.39. The number of carboxylic acids is 1. The number of carboxylic acid groups (broad SMARTS) is 1. The number of carbonyl (C=O) groups is 1. The van der Waals surface area contributed by atoms with Crippen molar-refractivity contribution in [3.63, 3.8) is 0 Å². The van der Waals surface area contributed by atoms with Crippen LogP contribution in [0, 0.1) is 6.92 Å². The molecule has 22 heavy (non-hydrogen) atoms. The van der Waals surface area contributed by atoms with Crippen LogP contribution in [0.3, 0.4) is 0 Å². The molecule has 0 bridgehead atoms. The number of aromatic carboxylic acids is 1. The van der Waals surface area contributed by atoms with Crippen LogP contribution in [-0.4, -0.2) is 16.1 Å². The Labute approximate surface area is 126 Å². The summed E-state index contributed by atoms with van der Waals surface area (Å²) in [7, 11) is 0. The van der Waals surface area contributed by atoms with Gasteiger partial charge in [-0.3, -0.25) is 4.98 Å². The van der Waals surface area contributed by atoms with Crippen molar-refractivity contribution in [1.82, 2.24) is 4.98 Å². The summed E-state index contributed by atoms with van der Waals surface area (Å²) in [4.78, 5) is 15.7. The maximum atomic E-state index is 11.8. The number of benzene rings is 2. The van der Waals surface area contributed by atoms with Crippen LogP contribution in [0.15, 0.2) is 48.5 Å². The highest BCUT2D eigenvalue weighted by molar-refractivity contribution is 6.06. The normalized spacial score (nSPS) is 10.6. The maximum Gasteiger partial charge on any atom is 0.337 e. The van der Waals surface area contributed by atoms with E-state index in [0.717, 1.165) is 0 Å². The van der Waals surface area contributed by atoms with Gasteiger partial charge in [0.25, 0.3) is 0 Å². The van der Waals surface area contributed by atoms with Gasteiger partial charge in [0, 0.05) is 22.5 Å². The Hall–Kier alpha value is -3.08. The average Bonchev–Trinajstić information content (AvgIpc) is 2.48. The molecule has 0 amide bonds. The third kappa shape index (κ3) is 2.44. The molecular weight excluding hydrogens is 280 g/mol. The van der Waals surface area contributed by atoms with E-state index in [1.54, 1.807) is 43.3 Å². The van der Waals surface area contributed by atoms with Crippen molar-refractivity contribution in [1.29, 1.82) is 0 Å². The number of fused-ring (bicyclic) bond motifs is 1. The van der Waals surface area contributed by atoms with Crippen LogP contribution in [-0.2, 0) is 0 Å². The zero-order valence-electron chi connectivity index (χ0n) is 11.8. The molecule has 2 aromatic carbocycles. The summed E-state index contributed by atoms with van der Waals surface area (Å²) in [5.41, 5.74) is 2.32. The van der Waals surface area contributed by atoms with E-state index in [4.69, 9.17) is 0 Å². The van der Waals surface area contributed by atoms with Gasteiger partial charge < -0.3 is 15.5 Å². The van der Waals surface area contributed by atoms with Crippen LogP contribution in [0.2, 0.25) is 0 Å². The van der Waals surface area contributed by atoms with Gasteiger partial charge in [0.2, 0.25) is 0 Å². The van der Waals surface area contributed by atoms with Crippen molar-refractivity contribution in [3.05, 3.63) is 59.8 Å². The number of para-hydroxylation sites is 3. The highest BCUT2D eigenvalue weighted by Crippen LogP contribution is 2.30. The van der Waals surface area contributed by atoms with Crippen LogP contribution >= 0.6 is 0 Å². The summed E-state index contributed by atoms with van der Waals surface area (Å²) >= 11 is 0. The van der Waals surface area contributed by atoms with Gasteiger partial charge >= 0.3 is 5.97 Å². The molecule has 0 aliphatic heterocycles. The molecule has 0 aliphatic rings. The number of nitrogens with one attached hydrogen (secondary N) is 1. The summed E-state index contributed by atoms with van der Waals surface area (Å²) in [5, 5.41) is 24.9. The number of aromatic nitrogens is 1. The molecular formula is C17H13N2O3-. The van der Waals surface area contributed by atoms with E-state index in [-0.39, 0.29) is 11.3 Å². The molecule has 0 spiro atoms. The number of pyridine rings is 1. The quantitative estimate of drug-likeness (QED) is 0.775. The molecule has 0 saturated carbocycles. The van der Waals surface area contributed by atoms with E-state index in [2.05, 4.69) is 10.3 Å². The molecule has 0 aliphatic carbocycles. The fourth-order valence-corrected chi connectivity index (χ4v) is 2.37. The fraction of sp³-hybridized carbons (Fsp3) is 0.0588. The molecule has 1 aromatic heterocycles. The Morgan fingerprint density at radius 3 is 2.64 bits per heavy atom. The molecule has 5 heteroatoms. The van der Waals surface area contributed by atoms with Crippen molar-refractivity contribution in [3.8, 4) is 5.75 Å². The Bertz CT molecular complexity index is 875. The van der Waals surface area contributed by atoms with Gasteiger partial charge in [-0.05, 0) is 25.1 Å². The zero-order valence-corrected chi connectivity index (χ0v) is 11.8. The minimum Gasteiger partial charge on any atom is -0.871 e. The number of rotatable bonds is 3. The third-order valence-electron chi connectivity index (χ3n) is 3.35. The number of nitrogens with zero attached hydrogens (tertiary/aromatic N) is 1. The van der Waals surface area contributed by atoms with Gasteiger partial charge in [-0.1, -0.05) is 36.1 Å². The summed E-state index contributed by atoms with van der Waals surface area (Å²) in [6.45, 7) is 1.78. The van der Waals surface area contributed by atoms with Gasteiger partial charge in [-0.25, -0.2) is 4.79 Å². The van der Waals surface area contributed by atoms with Gasteiger partial charge in [-0.15, -0.1) is 0 Å². The molecule has 0 unspecified atom stereocenters. The van der Waals surface area contributed by atoms with Crippen molar-refractivity contribution >= 4 is 28.2 Å². The molecule has 0 radical (unpaired) electrons. The van der Waals surface area contributed by atoms with E-state index in [1.807, 2.05) is 0 Å². The van der Waals surface area contributed by atoms with Crippen molar-refractivity contribution in [2.45, 2.75) is 6.92 Å². The SMILES string of the molecule is Cc1cc(Nc2ccccc2[O-])c2cccc(C(=O)O)c2n1. The first-order valence-corrected chi connectivity index (χ1v) is 6.73. The molecule has 3 rings (SSSR count). The van der Waals surface area contributed by atoms with Crippen LogP contribution in [0.4, 0.5) is 11.4 Å². The lowest BCUT2D eigenvalue weighted by Crippen LogP contribution is -2.03. The van der Waals surface area contributed by atoms with Gasteiger partial charge in [0.05, 0.1) is 11.1 Å². The monoisotopic (exact) mass is 293 g/mol. The second kappa shape index (κ2) is 5.37. The predicted molar refractivity (Wildman–Crippen MR) is 82.6 cm³/mol. The smallest absolute Gasteiger partial charge is 0.337 e. The topological polar surface area (TPSA) is 85.3 Å². The first-order chi connectivity index (χ1) is 10.6. The van der Waals surface area contributed by atoms with Crippen LogP contribution in [0.25, 0.3) is 10.9 Å². The van der Waals surface area contributed by atoms with Gasteiger partial charge in [-0.2, -0.15) is 0 Å². The second-order valence-electron chi connectivity index (χ2n) is 4.94. The maximum absolute atomic E-state index is 11.8. The molecule has 110 valence electrons. The zero-order chi connectivity index (χ0) is 15.7. The predicted octanol–water partition coefficient (Wildman–Crippen LogP) is 3.06. The molecule has 5 nitrogen and oxygen atoms in total. The summed E-state index contributed by atoms with van der Waals surface area (Å²) in [6.07, 6.45) is 0. The fourth-order valence-electron chi connectivity index (χ4n) is 2.37. The van der Waals surface area contributed by atoms with E-state index in [0.29, 0.717) is 28.0 Å². The first kappa shape index (κ1) is 13.9. The van der Waals surface area contributed by atoms with Gasteiger partial charge in [0.1, 0.15) is 0 Å². The van der Waals surface area contributed by atoms with Crippen molar-refractivity contribution < 1.29 is 15.0 Å². The highest BCUT2D eigenvalue weighted by atomic mass is 16.4. The lowest BCUT2D eigenvalue weighted by molar-refractivity contribution is -0.267. The number of aryl methyl sites for hydroxylation is 1. The Morgan fingerprint density at radius 1 is 1.14 bits per heavy atom. The largest absolute Gasteiger partial charge is 0.871 e. The Morgan fingerprint density at radius 2 is 1.91 bits per heavy atom. The second-order valence-corrected chi connectivity index (χ2v) is 4.94. The average molecular weight is 293 g/mol. The molecule has 0 fully saturated rings. The third-order valence-corrected chi connectivity index (χ3v) is 3.35. The summed E-state index contributed by atoms with van der Waals surface area (Å²) < 4.78 is 0. The van der Waals surface area contributed by atoms with Crippen LogP contribution in [0.1, 0.15) is 16.1 Å². The number of hydrogen-bond acceptors (Lipinski definition) is 4. The Balaban J connectivity index is 2.20. The van der Waals surface area contributed by atoms with E-state index in [1.165, 1.54) is 12.1 Å². The van der Waals surface area contributed by atoms with Gasteiger partial charge in [0.15, 0.2) is 0 Å². The number of hydrogen-bond donors (Lipinski definition) is 2. The van der Waals surface area contributed by atoms with E-state index >= 15 is 0 Å². The van der Waals surface area contributed by atoms with Crippen LogP contribution < -0.4 is 10.4 Å².